The van der Waals surface area contributed by atoms with E-state index in [0.29, 0.717) is 11.5 Å². The van der Waals surface area contributed by atoms with Gasteiger partial charge in [-0.05, 0) is 25.0 Å². The summed E-state index contributed by atoms with van der Waals surface area (Å²) in [7, 11) is 0. The van der Waals surface area contributed by atoms with Crippen LogP contribution in [-0.2, 0) is 5.54 Å². The third-order valence-electron chi connectivity index (χ3n) is 5.28. The summed E-state index contributed by atoms with van der Waals surface area (Å²) in [5.74, 6) is 0.640. The molecule has 7 nitrogen and oxygen atoms in total. The Hall–Kier alpha value is -2.74. The Kier molecular flexibility index (Phi) is 3.36. The van der Waals surface area contributed by atoms with Gasteiger partial charge in [-0.3, -0.25) is 9.59 Å². The minimum Gasteiger partial charge on any atom is -0.342 e. The van der Waals surface area contributed by atoms with Crippen LogP contribution >= 0.6 is 11.3 Å². The molecule has 1 fully saturated rings. The van der Waals surface area contributed by atoms with E-state index >= 15 is 0 Å². The fraction of sp³-hybridized carbons (Fsp3) is 0.333. The second-order valence-electron chi connectivity index (χ2n) is 6.88. The molecule has 0 radical (unpaired) electrons. The molecule has 1 amide bonds. The number of nitrogens with one attached hydrogen (secondary N) is 3. The van der Waals surface area contributed by atoms with Gasteiger partial charge >= 0.3 is 0 Å². The lowest BCUT2D eigenvalue weighted by Gasteiger charge is -2.33. The van der Waals surface area contributed by atoms with E-state index in [2.05, 4.69) is 31.7 Å². The van der Waals surface area contributed by atoms with Gasteiger partial charge in [0.25, 0.3) is 5.91 Å². The number of hydrogen-bond donors (Lipinski definition) is 3. The second kappa shape index (κ2) is 5.63. The molecule has 2 aliphatic rings. The average Bonchev–Trinajstić information content (AvgIpc) is 3.16. The van der Waals surface area contributed by atoms with Crippen molar-refractivity contribution in [3.8, 4) is 0 Å². The first-order valence-electron chi connectivity index (χ1n) is 8.73. The molecule has 3 aromatic rings. The molecule has 1 saturated carbocycles. The monoisotopic (exact) mass is 367 g/mol. The molecule has 26 heavy (non-hydrogen) atoms. The predicted molar refractivity (Wildman–Crippen MR) is 100.0 cm³/mol. The van der Waals surface area contributed by atoms with Crippen molar-refractivity contribution in [2.24, 2.45) is 0 Å². The molecule has 132 valence electrons. The van der Waals surface area contributed by atoms with Crippen molar-refractivity contribution >= 4 is 39.1 Å². The molecule has 4 heterocycles. The number of pyridine rings is 1. The maximum Gasteiger partial charge on any atom is 0.262 e. The van der Waals surface area contributed by atoms with Crippen LogP contribution in [0.2, 0.25) is 0 Å². The zero-order valence-corrected chi connectivity index (χ0v) is 14.8. The summed E-state index contributed by atoms with van der Waals surface area (Å²) >= 11 is 1.45. The van der Waals surface area contributed by atoms with Crippen LogP contribution < -0.4 is 16.2 Å². The average molecular weight is 367 g/mol. The third-order valence-corrected chi connectivity index (χ3v) is 6.33. The number of aromatic nitrogens is 3. The van der Waals surface area contributed by atoms with Gasteiger partial charge in [-0.1, -0.05) is 19.3 Å². The summed E-state index contributed by atoms with van der Waals surface area (Å²) in [4.78, 5) is 35.8. The van der Waals surface area contributed by atoms with Gasteiger partial charge in [-0.2, -0.15) is 0 Å². The van der Waals surface area contributed by atoms with Crippen LogP contribution in [0.5, 0.6) is 0 Å². The minimum atomic E-state index is -0.201. The number of amides is 1. The minimum absolute atomic E-state index is 0.0248. The number of aromatic amines is 1. The number of fused-ring (bicyclic) bond motifs is 3. The normalized spacial score (nSPS) is 18.1. The van der Waals surface area contributed by atoms with E-state index in [1.54, 1.807) is 6.07 Å². The van der Waals surface area contributed by atoms with Crippen LogP contribution in [-0.4, -0.2) is 20.9 Å². The molecule has 1 aliphatic carbocycles. The Morgan fingerprint density at radius 3 is 2.81 bits per heavy atom. The Morgan fingerprint density at radius 1 is 1.12 bits per heavy atom. The van der Waals surface area contributed by atoms with Gasteiger partial charge in [-0.25, -0.2) is 9.97 Å². The van der Waals surface area contributed by atoms with E-state index < -0.39 is 0 Å². The smallest absolute Gasteiger partial charge is 0.262 e. The van der Waals surface area contributed by atoms with Crippen LogP contribution in [0.15, 0.2) is 29.3 Å². The molecule has 0 bridgehead atoms. The molecule has 0 aromatic carbocycles. The molecule has 1 spiro atoms. The predicted octanol–water partition coefficient (Wildman–Crippen LogP) is 3.03. The maximum atomic E-state index is 12.5. The van der Waals surface area contributed by atoms with Crippen molar-refractivity contribution in [1.29, 1.82) is 0 Å². The Morgan fingerprint density at radius 2 is 1.96 bits per heavy atom. The van der Waals surface area contributed by atoms with Crippen molar-refractivity contribution in [3.63, 3.8) is 0 Å². The van der Waals surface area contributed by atoms with E-state index in [4.69, 9.17) is 0 Å². The van der Waals surface area contributed by atoms with E-state index in [1.165, 1.54) is 30.2 Å². The van der Waals surface area contributed by atoms with Gasteiger partial charge in [0.15, 0.2) is 0 Å². The van der Waals surface area contributed by atoms with Crippen molar-refractivity contribution in [3.05, 3.63) is 45.3 Å². The molecule has 3 aromatic heterocycles. The lowest BCUT2D eigenvalue weighted by atomic mass is 9.78. The standard InChI is InChI=1S/C18H17N5O2S/c24-12-5-4-10-15(21-12)19-9-20-16(10)22-13-8-11-14(26-13)17(25)23-18(11)6-2-1-3-7-18/h4-5,8-9H,1-3,6-7H2,(H,23,25)(H2,19,20,21,22,24). The number of carbonyl (C=O) groups is 1. The van der Waals surface area contributed by atoms with Crippen molar-refractivity contribution in [2.75, 3.05) is 5.32 Å². The summed E-state index contributed by atoms with van der Waals surface area (Å²) < 4.78 is 0. The van der Waals surface area contributed by atoms with Gasteiger partial charge in [0, 0.05) is 11.6 Å². The number of rotatable bonds is 2. The molecular weight excluding hydrogens is 350 g/mol. The highest BCUT2D eigenvalue weighted by Crippen LogP contribution is 2.47. The number of nitrogens with zero attached hydrogens (tertiary/aromatic N) is 2. The van der Waals surface area contributed by atoms with E-state index in [9.17, 15) is 9.59 Å². The zero-order valence-electron chi connectivity index (χ0n) is 14.0. The second-order valence-corrected chi connectivity index (χ2v) is 7.93. The Labute approximate surface area is 152 Å². The molecule has 1 aliphatic heterocycles. The lowest BCUT2D eigenvalue weighted by molar-refractivity contribution is 0.0912. The van der Waals surface area contributed by atoms with Crippen LogP contribution in [0.25, 0.3) is 11.0 Å². The molecule has 8 heteroatoms. The van der Waals surface area contributed by atoms with Crippen LogP contribution in [0.4, 0.5) is 10.8 Å². The first-order chi connectivity index (χ1) is 12.6. The van der Waals surface area contributed by atoms with E-state index in [-0.39, 0.29) is 17.0 Å². The number of H-pyrrole nitrogens is 1. The number of carbonyl (C=O) groups excluding carboxylic acids is 1. The van der Waals surface area contributed by atoms with Gasteiger partial charge in [0.05, 0.1) is 20.8 Å². The highest BCUT2D eigenvalue weighted by Gasteiger charge is 2.44. The highest BCUT2D eigenvalue weighted by molar-refractivity contribution is 7.18. The molecule has 5 rings (SSSR count). The first kappa shape index (κ1) is 15.5. The summed E-state index contributed by atoms with van der Waals surface area (Å²) in [5, 5.41) is 8.13. The quantitative estimate of drug-likeness (QED) is 0.646. The fourth-order valence-electron chi connectivity index (χ4n) is 4.05. The summed E-state index contributed by atoms with van der Waals surface area (Å²) in [6, 6.07) is 5.23. The van der Waals surface area contributed by atoms with Crippen LogP contribution in [0.3, 0.4) is 0 Å². The number of hydrogen-bond acceptors (Lipinski definition) is 6. The number of thiophene rings is 1. The highest BCUT2D eigenvalue weighted by atomic mass is 32.1. The van der Waals surface area contributed by atoms with E-state index in [1.807, 2.05) is 0 Å². The summed E-state index contributed by atoms with van der Waals surface area (Å²) in [6.45, 7) is 0. The summed E-state index contributed by atoms with van der Waals surface area (Å²) in [5.41, 5.74) is 1.20. The number of anilines is 2. The maximum absolute atomic E-state index is 12.5. The Bertz CT molecular complexity index is 1080. The van der Waals surface area contributed by atoms with Crippen molar-refractivity contribution < 1.29 is 4.79 Å². The zero-order chi connectivity index (χ0) is 17.7. The SMILES string of the molecule is O=C1NC2(CCCCC2)c2cc(Nc3ncnc4[nH]c(=O)ccc34)sc21. The molecule has 3 N–H and O–H groups in total. The van der Waals surface area contributed by atoms with Crippen LogP contribution in [0.1, 0.15) is 47.3 Å². The lowest BCUT2D eigenvalue weighted by Crippen LogP contribution is -2.40. The van der Waals surface area contributed by atoms with Crippen molar-refractivity contribution in [1.82, 2.24) is 20.3 Å². The van der Waals surface area contributed by atoms with Gasteiger partial charge in [0.2, 0.25) is 5.56 Å². The molecule has 0 unspecified atom stereocenters. The molecular formula is C18H17N5O2S. The molecule has 0 atom stereocenters. The van der Waals surface area contributed by atoms with Crippen LogP contribution in [0, 0.1) is 0 Å². The first-order valence-corrected chi connectivity index (χ1v) is 9.54. The third kappa shape index (κ3) is 2.33. The molecule has 0 saturated heterocycles. The van der Waals surface area contributed by atoms with Gasteiger partial charge in [-0.15, -0.1) is 11.3 Å². The largest absolute Gasteiger partial charge is 0.342 e. The van der Waals surface area contributed by atoms with Gasteiger partial charge < -0.3 is 15.6 Å². The van der Waals surface area contributed by atoms with Crippen molar-refractivity contribution in [2.45, 2.75) is 37.6 Å². The van der Waals surface area contributed by atoms with E-state index in [0.717, 1.165) is 46.5 Å². The Balaban J connectivity index is 1.54. The van der Waals surface area contributed by atoms with Gasteiger partial charge in [0.1, 0.15) is 17.8 Å². The fourth-order valence-corrected chi connectivity index (χ4v) is 5.11. The summed E-state index contributed by atoms with van der Waals surface area (Å²) in [6.07, 6.45) is 6.92. The topological polar surface area (TPSA) is 99.8 Å².